The molecular formula is C20H22BrNO2. The topological polar surface area (TPSA) is 43.1 Å². The molecule has 0 amide bonds. The molecule has 0 saturated carbocycles. The van der Waals surface area contributed by atoms with Crippen LogP contribution in [0.1, 0.15) is 51.2 Å². The number of fused-ring (bicyclic) bond motifs is 3. The summed E-state index contributed by atoms with van der Waals surface area (Å²) >= 11 is 3.61. The number of halogens is 1. The SMILES string of the molecule is CCCC1(CC(C)C)c2cc(Br)ccc2-c2ccc([N+](=O)[O-])cc21. The number of hydrogen-bond donors (Lipinski definition) is 0. The van der Waals surface area contributed by atoms with E-state index in [1.165, 1.54) is 11.1 Å². The van der Waals surface area contributed by atoms with Gasteiger partial charge in [0.25, 0.3) is 5.69 Å². The van der Waals surface area contributed by atoms with E-state index in [4.69, 9.17) is 0 Å². The standard InChI is InChI=1S/C20H22BrNO2/c1-4-9-20(12-13(2)3)18-10-14(21)5-7-16(18)17-8-6-15(22(23)24)11-19(17)20/h5-8,10-11,13H,4,9,12H2,1-3H3. The van der Waals surface area contributed by atoms with E-state index in [0.717, 1.165) is 34.9 Å². The van der Waals surface area contributed by atoms with Crippen molar-refractivity contribution in [3.8, 4) is 11.1 Å². The highest BCUT2D eigenvalue weighted by molar-refractivity contribution is 9.10. The Kier molecular flexibility index (Phi) is 4.52. The predicted molar refractivity (Wildman–Crippen MR) is 101 cm³/mol. The van der Waals surface area contributed by atoms with E-state index in [1.54, 1.807) is 12.1 Å². The number of nitrogens with zero attached hydrogens (tertiary/aromatic N) is 1. The molecule has 1 aliphatic carbocycles. The first-order valence-corrected chi connectivity index (χ1v) is 9.27. The van der Waals surface area contributed by atoms with Crippen molar-refractivity contribution in [2.24, 2.45) is 5.92 Å². The predicted octanol–water partition coefficient (Wildman–Crippen LogP) is 6.47. The normalized spacial score (nSPS) is 18.5. The molecule has 1 unspecified atom stereocenters. The van der Waals surface area contributed by atoms with Crippen molar-refractivity contribution in [3.63, 3.8) is 0 Å². The van der Waals surface area contributed by atoms with Gasteiger partial charge in [0.15, 0.2) is 0 Å². The largest absolute Gasteiger partial charge is 0.269 e. The average molecular weight is 388 g/mol. The summed E-state index contributed by atoms with van der Waals surface area (Å²) in [6.07, 6.45) is 3.04. The van der Waals surface area contributed by atoms with Crippen LogP contribution >= 0.6 is 15.9 Å². The van der Waals surface area contributed by atoms with Gasteiger partial charge in [0.05, 0.1) is 4.92 Å². The molecule has 2 aromatic rings. The molecule has 0 bridgehead atoms. The molecule has 0 heterocycles. The first kappa shape index (κ1) is 17.2. The number of nitro benzene ring substituents is 1. The minimum atomic E-state index is -0.286. The van der Waals surface area contributed by atoms with Gasteiger partial charge in [0.1, 0.15) is 0 Å². The van der Waals surface area contributed by atoms with Crippen LogP contribution in [0.25, 0.3) is 11.1 Å². The molecule has 24 heavy (non-hydrogen) atoms. The van der Waals surface area contributed by atoms with Crippen LogP contribution in [-0.2, 0) is 5.41 Å². The van der Waals surface area contributed by atoms with Crippen LogP contribution in [-0.4, -0.2) is 4.92 Å². The van der Waals surface area contributed by atoms with Crippen LogP contribution in [0.4, 0.5) is 5.69 Å². The first-order valence-electron chi connectivity index (χ1n) is 8.48. The highest BCUT2D eigenvalue weighted by atomic mass is 79.9. The highest BCUT2D eigenvalue weighted by Gasteiger charge is 2.43. The second-order valence-corrected chi connectivity index (χ2v) is 8.02. The van der Waals surface area contributed by atoms with Crippen LogP contribution in [0.3, 0.4) is 0 Å². The molecule has 3 rings (SSSR count). The smallest absolute Gasteiger partial charge is 0.258 e. The van der Waals surface area contributed by atoms with Gasteiger partial charge in [-0.1, -0.05) is 49.2 Å². The van der Waals surface area contributed by atoms with Gasteiger partial charge in [-0.15, -0.1) is 0 Å². The second-order valence-electron chi connectivity index (χ2n) is 7.11. The Bertz CT molecular complexity index is 800. The molecule has 1 aliphatic rings. The zero-order valence-corrected chi connectivity index (χ0v) is 15.9. The Morgan fingerprint density at radius 2 is 1.75 bits per heavy atom. The molecule has 0 fully saturated rings. The van der Waals surface area contributed by atoms with Crippen LogP contribution in [0.15, 0.2) is 40.9 Å². The molecule has 0 N–H and O–H groups in total. The summed E-state index contributed by atoms with van der Waals surface area (Å²) in [6.45, 7) is 6.64. The summed E-state index contributed by atoms with van der Waals surface area (Å²) in [5.74, 6) is 0.508. The van der Waals surface area contributed by atoms with E-state index < -0.39 is 0 Å². The molecular weight excluding hydrogens is 366 g/mol. The third kappa shape index (κ3) is 2.67. The summed E-state index contributed by atoms with van der Waals surface area (Å²) in [7, 11) is 0. The van der Waals surface area contributed by atoms with Crippen molar-refractivity contribution in [1.29, 1.82) is 0 Å². The first-order chi connectivity index (χ1) is 11.4. The number of benzene rings is 2. The fraction of sp³-hybridized carbons (Fsp3) is 0.400. The van der Waals surface area contributed by atoms with Gasteiger partial charge in [-0.3, -0.25) is 10.1 Å². The third-order valence-corrected chi connectivity index (χ3v) is 5.44. The number of rotatable bonds is 5. The Labute approximate surface area is 151 Å². The van der Waals surface area contributed by atoms with Crippen molar-refractivity contribution in [3.05, 3.63) is 62.1 Å². The Morgan fingerprint density at radius 3 is 2.33 bits per heavy atom. The van der Waals surface area contributed by atoms with E-state index in [0.29, 0.717) is 5.92 Å². The molecule has 3 nitrogen and oxygen atoms in total. The summed E-state index contributed by atoms with van der Waals surface area (Å²) < 4.78 is 1.06. The Balaban J connectivity index is 2.32. The van der Waals surface area contributed by atoms with E-state index >= 15 is 0 Å². The highest BCUT2D eigenvalue weighted by Crippen LogP contribution is 2.55. The molecule has 0 spiro atoms. The van der Waals surface area contributed by atoms with Crippen molar-refractivity contribution >= 4 is 21.6 Å². The van der Waals surface area contributed by atoms with Gasteiger partial charge in [0.2, 0.25) is 0 Å². The lowest BCUT2D eigenvalue weighted by atomic mass is 9.69. The molecule has 2 aromatic carbocycles. The van der Waals surface area contributed by atoms with Crippen molar-refractivity contribution < 1.29 is 4.92 Å². The fourth-order valence-electron chi connectivity index (χ4n) is 4.28. The summed E-state index contributed by atoms with van der Waals surface area (Å²) in [4.78, 5) is 11.0. The lowest BCUT2D eigenvalue weighted by Gasteiger charge is -2.33. The molecule has 0 radical (unpaired) electrons. The maximum Gasteiger partial charge on any atom is 0.269 e. The molecule has 0 aliphatic heterocycles. The van der Waals surface area contributed by atoms with E-state index in [1.807, 2.05) is 6.07 Å². The van der Waals surface area contributed by atoms with Crippen LogP contribution < -0.4 is 0 Å². The maximum atomic E-state index is 11.3. The van der Waals surface area contributed by atoms with E-state index in [2.05, 4.69) is 54.9 Å². The van der Waals surface area contributed by atoms with Gasteiger partial charge >= 0.3 is 0 Å². The zero-order chi connectivity index (χ0) is 17.5. The number of nitro groups is 1. The lowest BCUT2D eigenvalue weighted by molar-refractivity contribution is -0.384. The van der Waals surface area contributed by atoms with Crippen molar-refractivity contribution in [1.82, 2.24) is 0 Å². The van der Waals surface area contributed by atoms with Crippen LogP contribution in [0, 0.1) is 16.0 Å². The third-order valence-electron chi connectivity index (χ3n) is 4.95. The quantitative estimate of drug-likeness (QED) is 0.435. The summed E-state index contributed by atoms with van der Waals surface area (Å²) in [6, 6.07) is 11.8. The molecule has 1 atom stereocenters. The van der Waals surface area contributed by atoms with Gasteiger partial charge in [-0.05, 0) is 59.2 Å². The van der Waals surface area contributed by atoms with Gasteiger partial charge in [-0.25, -0.2) is 0 Å². The minimum Gasteiger partial charge on any atom is -0.258 e. The lowest BCUT2D eigenvalue weighted by Crippen LogP contribution is -2.27. The molecule has 0 saturated heterocycles. The fourth-order valence-corrected chi connectivity index (χ4v) is 4.65. The summed E-state index contributed by atoms with van der Waals surface area (Å²) in [5.41, 5.74) is 4.85. The second kappa shape index (κ2) is 6.32. The van der Waals surface area contributed by atoms with E-state index in [9.17, 15) is 10.1 Å². The minimum absolute atomic E-state index is 0.136. The molecule has 126 valence electrons. The van der Waals surface area contributed by atoms with Crippen molar-refractivity contribution in [2.75, 3.05) is 0 Å². The van der Waals surface area contributed by atoms with Gasteiger partial charge < -0.3 is 0 Å². The Morgan fingerprint density at radius 1 is 1.12 bits per heavy atom. The molecule has 0 aromatic heterocycles. The maximum absolute atomic E-state index is 11.3. The van der Waals surface area contributed by atoms with Crippen LogP contribution in [0.5, 0.6) is 0 Å². The average Bonchev–Trinajstić information content (AvgIpc) is 2.77. The van der Waals surface area contributed by atoms with Gasteiger partial charge in [-0.2, -0.15) is 0 Å². The number of hydrogen-bond acceptors (Lipinski definition) is 2. The Hall–Kier alpha value is -1.68. The number of non-ortho nitro benzene ring substituents is 1. The van der Waals surface area contributed by atoms with E-state index in [-0.39, 0.29) is 16.0 Å². The van der Waals surface area contributed by atoms with Gasteiger partial charge in [0, 0.05) is 22.0 Å². The zero-order valence-electron chi connectivity index (χ0n) is 14.3. The summed E-state index contributed by atoms with van der Waals surface area (Å²) in [5, 5.41) is 11.3. The van der Waals surface area contributed by atoms with Crippen molar-refractivity contribution in [2.45, 2.75) is 45.4 Å². The van der Waals surface area contributed by atoms with Crippen LogP contribution in [0.2, 0.25) is 0 Å². The monoisotopic (exact) mass is 387 g/mol. The molecule has 4 heteroatoms.